The highest BCUT2D eigenvalue weighted by Crippen LogP contribution is 2.66. The Labute approximate surface area is 152 Å². The highest BCUT2D eigenvalue weighted by molar-refractivity contribution is 7.62. The van der Waals surface area contributed by atoms with Crippen molar-refractivity contribution in [3.8, 4) is 0 Å². The standard InChI is InChI=1S/C16H32O7P2/c1-13(2)9-11-19-24(17,21-15(5)6)23-25(18,22-16(7)8)20-12-10-14(3)4/h15-16H,1,3,9-12H2,2,4-8H3. The Hall–Kier alpha value is -0.260. The molecule has 9 heteroatoms. The summed E-state index contributed by atoms with van der Waals surface area (Å²) in [5.74, 6) is 0. The lowest BCUT2D eigenvalue weighted by atomic mass is 10.3. The van der Waals surface area contributed by atoms with Crippen molar-refractivity contribution < 1.29 is 31.5 Å². The van der Waals surface area contributed by atoms with Crippen molar-refractivity contribution in [3.05, 3.63) is 24.3 Å². The zero-order valence-corrected chi connectivity index (χ0v) is 17.9. The van der Waals surface area contributed by atoms with Crippen LogP contribution in [0.5, 0.6) is 0 Å². The third-order valence-electron chi connectivity index (χ3n) is 2.44. The maximum absolute atomic E-state index is 12.9. The van der Waals surface area contributed by atoms with Crippen LogP contribution in [0.15, 0.2) is 24.3 Å². The van der Waals surface area contributed by atoms with Gasteiger partial charge >= 0.3 is 15.6 Å². The number of phosphoric ester groups is 2. The SMILES string of the molecule is C=C(C)CCOP(=O)(OC(C)C)OP(=O)(OCCC(=C)C)OC(C)C. The second-order valence-corrected chi connectivity index (χ2v) is 9.75. The van der Waals surface area contributed by atoms with Gasteiger partial charge in [-0.2, -0.15) is 4.31 Å². The summed E-state index contributed by atoms with van der Waals surface area (Å²) in [7, 11) is -8.30. The predicted octanol–water partition coefficient (Wildman–Crippen LogP) is 6.03. The van der Waals surface area contributed by atoms with Crippen LogP contribution in [-0.2, 0) is 31.5 Å². The Kier molecular flexibility index (Phi) is 11.3. The van der Waals surface area contributed by atoms with Gasteiger partial charge in [0.05, 0.1) is 25.4 Å². The molecule has 0 heterocycles. The molecule has 0 fully saturated rings. The summed E-state index contributed by atoms with van der Waals surface area (Å²) in [6.07, 6.45) is -0.0291. The number of phosphoric acid groups is 2. The molecule has 0 aromatic rings. The Morgan fingerprint density at radius 3 is 1.36 bits per heavy atom. The molecule has 25 heavy (non-hydrogen) atoms. The van der Waals surface area contributed by atoms with E-state index in [2.05, 4.69) is 13.2 Å². The van der Waals surface area contributed by atoms with Crippen LogP contribution in [0, 0.1) is 0 Å². The van der Waals surface area contributed by atoms with Gasteiger partial charge in [-0.3, -0.25) is 18.1 Å². The molecule has 0 aliphatic heterocycles. The van der Waals surface area contributed by atoms with Gasteiger partial charge in [-0.1, -0.05) is 11.1 Å². The number of rotatable bonds is 14. The van der Waals surface area contributed by atoms with E-state index in [1.165, 1.54) is 0 Å². The summed E-state index contributed by atoms with van der Waals surface area (Å²) in [4.78, 5) is 0. The van der Waals surface area contributed by atoms with Crippen LogP contribution in [0.2, 0.25) is 0 Å². The van der Waals surface area contributed by atoms with Crippen molar-refractivity contribution in [2.45, 2.75) is 66.6 Å². The fourth-order valence-electron chi connectivity index (χ4n) is 1.45. The van der Waals surface area contributed by atoms with E-state index in [1.807, 2.05) is 13.8 Å². The fourth-order valence-corrected chi connectivity index (χ4v) is 4.90. The van der Waals surface area contributed by atoms with E-state index in [0.717, 1.165) is 11.1 Å². The van der Waals surface area contributed by atoms with Gasteiger partial charge in [0.15, 0.2) is 0 Å². The van der Waals surface area contributed by atoms with Crippen molar-refractivity contribution in [1.82, 2.24) is 0 Å². The predicted molar refractivity (Wildman–Crippen MR) is 99.5 cm³/mol. The van der Waals surface area contributed by atoms with Crippen molar-refractivity contribution in [2.24, 2.45) is 0 Å². The number of hydrogen-bond donors (Lipinski definition) is 0. The minimum absolute atomic E-state index is 0.0484. The van der Waals surface area contributed by atoms with Crippen LogP contribution in [0.3, 0.4) is 0 Å². The second-order valence-electron chi connectivity index (χ2n) is 6.37. The van der Waals surface area contributed by atoms with Gasteiger partial charge in [0.2, 0.25) is 0 Å². The van der Waals surface area contributed by atoms with Crippen molar-refractivity contribution in [3.63, 3.8) is 0 Å². The minimum Gasteiger partial charge on any atom is -0.286 e. The third-order valence-corrected chi connectivity index (χ3v) is 6.39. The summed E-state index contributed by atoms with van der Waals surface area (Å²) in [6.45, 7) is 17.8. The lowest BCUT2D eigenvalue weighted by molar-refractivity contribution is 0.0843. The summed E-state index contributed by atoms with van der Waals surface area (Å²) in [5, 5.41) is 0. The molecule has 0 N–H and O–H groups in total. The molecule has 7 nitrogen and oxygen atoms in total. The average molecular weight is 398 g/mol. The van der Waals surface area contributed by atoms with E-state index in [1.54, 1.807) is 27.7 Å². The first-order valence-electron chi connectivity index (χ1n) is 8.23. The van der Waals surface area contributed by atoms with Crippen LogP contribution < -0.4 is 0 Å². The van der Waals surface area contributed by atoms with Crippen molar-refractivity contribution in [1.29, 1.82) is 0 Å². The molecule has 0 radical (unpaired) electrons. The Morgan fingerprint density at radius 1 is 0.800 bits per heavy atom. The van der Waals surface area contributed by atoms with E-state index in [4.69, 9.17) is 22.4 Å². The first-order chi connectivity index (χ1) is 11.4. The molecule has 2 atom stereocenters. The molecule has 2 unspecified atom stereocenters. The highest BCUT2D eigenvalue weighted by atomic mass is 31.3. The summed E-state index contributed by atoms with van der Waals surface area (Å²) in [6, 6.07) is 0. The van der Waals surface area contributed by atoms with E-state index < -0.39 is 27.9 Å². The minimum atomic E-state index is -4.15. The molecular weight excluding hydrogens is 366 g/mol. The molecule has 148 valence electrons. The van der Waals surface area contributed by atoms with Crippen LogP contribution in [0.25, 0.3) is 0 Å². The van der Waals surface area contributed by atoms with E-state index >= 15 is 0 Å². The Bertz CT molecular complexity index is 483. The first-order valence-corrected chi connectivity index (χ1v) is 11.2. The Morgan fingerprint density at radius 2 is 1.12 bits per heavy atom. The van der Waals surface area contributed by atoms with E-state index in [9.17, 15) is 9.13 Å². The van der Waals surface area contributed by atoms with E-state index in [-0.39, 0.29) is 13.2 Å². The molecule has 0 aliphatic rings. The van der Waals surface area contributed by atoms with Crippen LogP contribution in [0.1, 0.15) is 54.4 Å². The molecule has 0 bridgehead atoms. The van der Waals surface area contributed by atoms with Gasteiger partial charge < -0.3 is 0 Å². The maximum Gasteiger partial charge on any atom is 0.483 e. The molecule has 0 aliphatic carbocycles. The molecule has 0 saturated heterocycles. The lowest BCUT2D eigenvalue weighted by Gasteiger charge is -2.25. The molecule has 0 spiro atoms. The second kappa shape index (κ2) is 11.5. The van der Waals surface area contributed by atoms with Gasteiger partial charge in [-0.15, -0.1) is 13.2 Å². The topological polar surface area (TPSA) is 80.3 Å². The number of hydrogen-bond acceptors (Lipinski definition) is 7. The molecule has 0 aromatic heterocycles. The zero-order chi connectivity index (χ0) is 19.7. The third kappa shape index (κ3) is 12.7. The van der Waals surface area contributed by atoms with Gasteiger partial charge in [0.1, 0.15) is 0 Å². The van der Waals surface area contributed by atoms with Gasteiger partial charge in [-0.25, -0.2) is 9.13 Å². The van der Waals surface area contributed by atoms with Crippen LogP contribution >= 0.6 is 15.6 Å². The molecule has 0 amide bonds. The van der Waals surface area contributed by atoms with Gasteiger partial charge in [0.25, 0.3) is 0 Å². The first kappa shape index (κ1) is 24.7. The summed E-state index contributed by atoms with van der Waals surface area (Å²) in [5.41, 5.74) is 1.69. The lowest BCUT2D eigenvalue weighted by Crippen LogP contribution is -2.11. The smallest absolute Gasteiger partial charge is 0.286 e. The van der Waals surface area contributed by atoms with Crippen LogP contribution in [-0.4, -0.2) is 25.4 Å². The normalized spacial score (nSPS) is 16.6. The Balaban J connectivity index is 5.20. The summed E-state index contributed by atoms with van der Waals surface area (Å²) >= 11 is 0. The fraction of sp³-hybridized carbons (Fsp3) is 0.750. The largest absolute Gasteiger partial charge is 0.483 e. The molecule has 0 saturated carbocycles. The molecule has 0 rings (SSSR count). The monoisotopic (exact) mass is 398 g/mol. The zero-order valence-electron chi connectivity index (χ0n) is 16.1. The van der Waals surface area contributed by atoms with Crippen LogP contribution in [0.4, 0.5) is 0 Å². The molecular formula is C16H32O7P2. The highest BCUT2D eigenvalue weighted by Gasteiger charge is 2.42. The summed E-state index contributed by atoms with van der Waals surface area (Å²) < 4.78 is 51.9. The van der Waals surface area contributed by atoms with Crippen molar-refractivity contribution in [2.75, 3.05) is 13.2 Å². The molecule has 0 aromatic carbocycles. The van der Waals surface area contributed by atoms with Gasteiger partial charge in [0, 0.05) is 0 Å². The quantitative estimate of drug-likeness (QED) is 0.261. The van der Waals surface area contributed by atoms with Gasteiger partial charge in [-0.05, 0) is 54.4 Å². The van der Waals surface area contributed by atoms with Crippen molar-refractivity contribution >= 4 is 15.6 Å². The van der Waals surface area contributed by atoms with E-state index in [0.29, 0.717) is 12.8 Å². The average Bonchev–Trinajstić information content (AvgIpc) is 2.34. The maximum atomic E-state index is 12.9.